The summed E-state index contributed by atoms with van der Waals surface area (Å²) in [4.78, 5) is 25.9. The Morgan fingerprint density at radius 3 is 2.79 bits per heavy atom. The molecule has 28 heavy (non-hydrogen) atoms. The van der Waals surface area contributed by atoms with E-state index in [1.54, 1.807) is 11.3 Å². The van der Waals surface area contributed by atoms with E-state index in [0.717, 1.165) is 26.9 Å². The van der Waals surface area contributed by atoms with E-state index in [1.807, 2.05) is 52.0 Å². The average Bonchev–Trinajstić information content (AvgIpc) is 3.06. The maximum atomic E-state index is 13.2. The molecule has 0 bridgehead atoms. The number of amides is 1. The maximum absolute atomic E-state index is 13.2. The van der Waals surface area contributed by atoms with Crippen molar-refractivity contribution in [1.29, 1.82) is 0 Å². The molecule has 2 aromatic heterocycles. The number of hydrogen-bond acceptors (Lipinski definition) is 5. The number of nitrogens with zero attached hydrogens (tertiary/aromatic N) is 2. The lowest BCUT2D eigenvalue weighted by atomic mass is 10.1. The number of ether oxygens (including phenoxy) is 1. The smallest absolute Gasteiger partial charge is 0.276 e. The van der Waals surface area contributed by atoms with E-state index in [-0.39, 0.29) is 17.6 Å². The summed E-state index contributed by atoms with van der Waals surface area (Å²) in [5, 5.41) is 8.98. The standard InChI is InChI=1S/C21H27N3O3S/c1-5-16(20(25)22-11-8-12-27-13(2)3)24-21(26)18-15-9-6-7-10-17(15)28-19(18)14(4)23-24/h6-7,9-10,13,16H,5,8,11-12H2,1-4H3,(H,22,25). The fourth-order valence-corrected chi connectivity index (χ4v) is 4.42. The molecule has 150 valence electrons. The Morgan fingerprint density at radius 1 is 1.32 bits per heavy atom. The van der Waals surface area contributed by atoms with E-state index in [0.29, 0.717) is 25.0 Å². The highest BCUT2D eigenvalue weighted by atomic mass is 32.1. The number of hydrogen-bond donors (Lipinski definition) is 1. The lowest BCUT2D eigenvalue weighted by molar-refractivity contribution is -0.124. The van der Waals surface area contributed by atoms with Gasteiger partial charge in [0.25, 0.3) is 5.56 Å². The van der Waals surface area contributed by atoms with Crippen LogP contribution in [-0.4, -0.2) is 34.9 Å². The Bertz CT molecular complexity index is 1040. The largest absolute Gasteiger partial charge is 0.379 e. The molecule has 2 heterocycles. The lowest BCUT2D eigenvalue weighted by Gasteiger charge is -2.17. The third-order valence-corrected chi connectivity index (χ3v) is 5.94. The van der Waals surface area contributed by atoms with Crippen LogP contribution in [0.1, 0.15) is 45.3 Å². The van der Waals surface area contributed by atoms with E-state index in [2.05, 4.69) is 10.4 Å². The minimum Gasteiger partial charge on any atom is -0.379 e. The summed E-state index contributed by atoms with van der Waals surface area (Å²) in [7, 11) is 0. The average molecular weight is 402 g/mol. The molecule has 1 aromatic carbocycles. The number of nitrogens with one attached hydrogen (secondary N) is 1. The number of rotatable bonds is 8. The molecule has 1 amide bonds. The Labute approximate surface area is 168 Å². The van der Waals surface area contributed by atoms with Gasteiger partial charge in [-0.3, -0.25) is 9.59 Å². The van der Waals surface area contributed by atoms with Gasteiger partial charge < -0.3 is 10.1 Å². The highest BCUT2D eigenvalue weighted by molar-refractivity contribution is 7.26. The van der Waals surface area contributed by atoms with Gasteiger partial charge in [-0.25, -0.2) is 4.68 Å². The monoisotopic (exact) mass is 401 g/mol. The Hall–Kier alpha value is -2.25. The first kappa shape index (κ1) is 20.5. The summed E-state index contributed by atoms with van der Waals surface area (Å²) in [5.41, 5.74) is 0.565. The van der Waals surface area contributed by atoms with Crippen molar-refractivity contribution >= 4 is 37.4 Å². The van der Waals surface area contributed by atoms with Crippen LogP contribution in [0.2, 0.25) is 0 Å². The van der Waals surface area contributed by atoms with Crippen molar-refractivity contribution in [2.75, 3.05) is 13.2 Å². The van der Waals surface area contributed by atoms with Crippen LogP contribution in [-0.2, 0) is 9.53 Å². The molecular weight excluding hydrogens is 374 g/mol. The van der Waals surface area contributed by atoms with Crippen LogP contribution in [0.3, 0.4) is 0 Å². The van der Waals surface area contributed by atoms with Gasteiger partial charge in [0.1, 0.15) is 6.04 Å². The molecule has 7 heteroatoms. The molecule has 1 unspecified atom stereocenters. The zero-order chi connectivity index (χ0) is 20.3. The van der Waals surface area contributed by atoms with Crippen LogP contribution in [0.5, 0.6) is 0 Å². The summed E-state index contributed by atoms with van der Waals surface area (Å²) in [6, 6.07) is 7.23. The second-order valence-electron chi connectivity index (χ2n) is 7.13. The first-order valence-electron chi connectivity index (χ1n) is 9.74. The number of fused-ring (bicyclic) bond motifs is 3. The van der Waals surface area contributed by atoms with Gasteiger partial charge in [0.2, 0.25) is 5.91 Å². The fraction of sp³-hybridized carbons (Fsp3) is 0.476. The summed E-state index contributed by atoms with van der Waals surface area (Å²) in [6.45, 7) is 8.86. The van der Waals surface area contributed by atoms with Crippen LogP contribution in [0, 0.1) is 6.92 Å². The van der Waals surface area contributed by atoms with Crippen molar-refractivity contribution in [1.82, 2.24) is 15.1 Å². The molecule has 3 aromatic rings. The van der Waals surface area contributed by atoms with Crippen LogP contribution < -0.4 is 10.9 Å². The number of carbonyl (C=O) groups is 1. The molecule has 0 aliphatic heterocycles. The van der Waals surface area contributed by atoms with E-state index in [1.165, 1.54) is 4.68 Å². The summed E-state index contributed by atoms with van der Waals surface area (Å²) >= 11 is 1.57. The zero-order valence-corrected chi connectivity index (χ0v) is 17.6. The topological polar surface area (TPSA) is 73.2 Å². The molecule has 0 fully saturated rings. The highest BCUT2D eigenvalue weighted by Crippen LogP contribution is 2.33. The Kier molecular flexibility index (Phi) is 6.46. The van der Waals surface area contributed by atoms with Crippen LogP contribution in [0.4, 0.5) is 0 Å². The number of thiophene rings is 1. The number of benzene rings is 1. The van der Waals surface area contributed by atoms with Gasteiger partial charge in [-0.15, -0.1) is 11.3 Å². The van der Waals surface area contributed by atoms with Crippen LogP contribution >= 0.6 is 11.3 Å². The van der Waals surface area contributed by atoms with Gasteiger partial charge in [0, 0.05) is 23.2 Å². The van der Waals surface area contributed by atoms with Crippen molar-refractivity contribution in [2.24, 2.45) is 0 Å². The van der Waals surface area contributed by atoms with Gasteiger partial charge in [-0.1, -0.05) is 25.1 Å². The zero-order valence-electron chi connectivity index (χ0n) is 16.8. The quantitative estimate of drug-likeness (QED) is 0.583. The minimum absolute atomic E-state index is 0.178. The first-order valence-corrected chi connectivity index (χ1v) is 10.6. The summed E-state index contributed by atoms with van der Waals surface area (Å²) in [6.07, 6.45) is 1.40. The lowest BCUT2D eigenvalue weighted by Crippen LogP contribution is -2.39. The van der Waals surface area contributed by atoms with Crippen molar-refractivity contribution in [2.45, 2.75) is 52.7 Å². The van der Waals surface area contributed by atoms with Crippen molar-refractivity contribution in [3.05, 3.63) is 40.3 Å². The van der Waals surface area contributed by atoms with Gasteiger partial charge in [0.05, 0.1) is 21.9 Å². The molecule has 6 nitrogen and oxygen atoms in total. The summed E-state index contributed by atoms with van der Waals surface area (Å²) < 4.78 is 8.80. The molecule has 0 saturated heterocycles. The SMILES string of the molecule is CCC(C(=O)NCCCOC(C)C)n1nc(C)c2sc3ccccc3c2c1=O. The van der Waals surface area contributed by atoms with Gasteiger partial charge in [-0.2, -0.15) is 5.10 Å². The van der Waals surface area contributed by atoms with Gasteiger partial charge in [0.15, 0.2) is 0 Å². The van der Waals surface area contributed by atoms with Crippen LogP contribution in [0.15, 0.2) is 29.1 Å². The molecule has 0 spiro atoms. The van der Waals surface area contributed by atoms with E-state index in [9.17, 15) is 9.59 Å². The number of carbonyl (C=O) groups excluding carboxylic acids is 1. The molecule has 0 aliphatic carbocycles. The molecule has 1 atom stereocenters. The predicted molar refractivity (Wildman–Crippen MR) is 114 cm³/mol. The highest BCUT2D eigenvalue weighted by Gasteiger charge is 2.23. The van der Waals surface area contributed by atoms with Gasteiger partial charge in [-0.05, 0) is 39.7 Å². The second-order valence-corrected chi connectivity index (χ2v) is 8.18. The predicted octanol–water partition coefficient (Wildman–Crippen LogP) is 3.80. The van der Waals surface area contributed by atoms with Crippen LogP contribution in [0.25, 0.3) is 20.2 Å². The third kappa shape index (κ3) is 4.10. The molecule has 3 rings (SSSR count). The Balaban J connectivity index is 1.88. The molecule has 0 saturated carbocycles. The minimum atomic E-state index is -0.625. The van der Waals surface area contributed by atoms with Crippen molar-refractivity contribution in [3.63, 3.8) is 0 Å². The normalized spacial score (nSPS) is 12.8. The van der Waals surface area contributed by atoms with E-state index < -0.39 is 6.04 Å². The number of aryl methyl sites for hydroxylation is 1. The molecule has 0 aliphatic rings. The van der Waals surface area contributed by atoms with E-state index in [4.69, 9.17) is 4.74 Å². The van der Waals surface area contributed by atoms with E-state index >= 15 is 0 Å². The first-order chi connectivity index (χ1) is 13.4. The Morgan fingerprint density at radius 2 is 2.07 bits per heavy atom. The molecular formula is C21H27N3O3S. The second kappa shape index (κ2) is 8.84. The number of aromatic nitrogens is 2. The maximum Gasteiger partial charge on any atom is 0.276 e. The van der Waals surface area contributed by atoms with Crippen molar-refractivity contribution in [3.8, 4) is 0 Å². The molecule has 0 radical (unpaired) electrons. The third-order valence-electron chi connectivity index (χ3n) is 4.66. The fourth-order valence-electron chi connectivity index (χ4n) is 3.28. The summed E-state index contributed by atoms with van der Waals surface area (Å²) in [5.74, 6) is -0.181. The van der Waals surface area contributed by atoms with Crippen molar-refractivity contribution < 1.29 is 9.53 Å². The molecule has 1 N–H and O–H groups in total. The van der Waals surface area contributed by atoms with Gasteiger partial charge >= 0.3 is 0 Å².